The third-order valence-corrected chi connectivity index (χ3v) is 2.70. The zero-order valence-corrected chi connectivity index (χ0v) is 8.99. The van der Waals surface area contributed by atoms with Gasteiger partial charge in [-0.2, -0.15) is 0 Å². The summed E-state index contributed by atoms with van der Waals surface area (Å²) in [6.07, 6.45) is 1.31. The van der Waals surface area contributed by atoms with Crippen LogP contribution >= 0.6 is 0 Å². The molecule has 0 aliphatic carbocycles. The number of aryl methyl sites for hydroxylation is 1. The van der Waals surface area contributed by atoms with Crippen molar-refractivity contribution in [2.75, 3.05) is 19.6 Å². The predicted octanol–water partition coefficient (Wildman–Crippen LogP) is 0.417. The van der Waals surface area contributed by atoms with Crippen LogP contribution in [0.1, 0.15) is 23.2 Å². The fourth-order valence-corrected chi connectivity index (χ4v) is 1.78. The molecule has 0 unspecified atom stereocenters. The van der Waals surface area contributed by atoms with E-state index in [1.54, 1.807) is 6.92 Å². The second kappa shape index (κ2) is 4.02. The fraction of sp³-hybridized carbons (Fsp3) is 0.600. The molecule has 0 saturated carbocycles. The van der Waals surface area contributed by atoms with Crippen LogP contribution in [0.3, 0.4) is 0 Å². The third-order valence-electron chi connectivity index (χ3n) is 2.70. The number of oxazole rings is 1. The highest BCUT2D eigenvalue weighted by Crippen LogP contribution is 2.12. The van der Waals surface area contributed by atoms with E-state index in [4.69, 9.17) is 4.42 Å². The maximum Gasteiger partial charge on any atom is 0.291 e. The first-order valence-electron chi connectivity index (χ1n) is 5.12. The molecule has 1 aromatic heterocycles. The van der Waals surface area contributed by atoms with Crippen LogP contribution in [0.5, 0.6) is 0 Å². The van der Waals surface area contributed by atoms with Crippen LogP contribution in [0, 0.1) is 6.92 Å². The lowest BCUT2D eigenvalue weighted by Gasteiger charge is -2.33. The maximum atomic E-state index is 12.1. The highest BCUT2D eigenvalue weighted by atomic mass is 16.3. The number of nitrogens with zero attached hydrogens (tertiary/aromatic N) is 2. The quantitative estimate of drug-likeness (QED) is 0.728. The van der Waals surface area contributed by atoms with E-state index in [-0.39, 0.29) is 11.9 Å². The zero-order chi connectivity index (χ0) is 10.8. The summed E-state index contributed by atoms with van der Waals surface area (Å²) < 4.78 is 5.10. The number of piperazine rings is 1. The van der Waals surface area contributed by atoms with Gasteiger partial charge in [0.05, 0.1) is 5.69 Å². The number of aromatic nitrogens is 1. The van der Waals surface area contributed by atoms with Crippen molar-refractivity contribution in [2.24, 2.45) is 0 Å². The molecule has 1 aromatic rings. The van der Waals surface area contributed by atoms with Gasteiger partial charge in [-0.15, -0.1) is 0 Å². The smallest absolute Gasteiger partial charge is 0.291 e. The molecule has 1 aliphatic heterocycles. The number of rotatable bonds is 1. The Labute approximate surface area is 88.5 Å². The lowest BCUT2D eigenvalue weighted by atomic mass is 10.2. The molecule has 0 bridgehead atoms. The molecule has 1 aliphatic rings. The van der Waals surface area contributed by atoms with Crippen LogP contribution in [0.25, 0.3) is 0 Å². The molecule has 0 radical (unpaired) electrons. The van der Waals surface area contributed by atoms with Crippen LogP contribution in [-0.2, 0) is 0 Å². The normalized spacial score (nSPS) is 21.7. The van der Waals surface area contributed by atoms with Gasteiger partial charge in [-0.1, -0.05) is 0 Å². The SMILES string of the molecule is Cc1ncoc1C(=O)N1CCNC[C@H]1C. The van der Waals surface area contributed by atoms with Crippen molar-refractivity contribution in [3.8, 4) is 0 Å². The van der Waals surface area contributed by atoms with E-state index in [1.807, 2.05) is 11.8 Å². The average Bonchev–Trinajstić information content (AvgIpc) is 2.64. The molecule has 1 N–H and O–H groups in total. The van der Waals surface area contributed by atoms with Crippen molar-refractivity contribution >= 4 is 5.91 Å². The lowest BCUT2D eigenvalue weighted by Crippen LogP contribution is -2.52. The molecule has 1 atom stereocenters. The number of amides is 1. The predicted molar refractivity (Wildman–Crippen MR) is 54.6 cm³/mol. The second-order valence-electron chi connectivity index (χ2n) is 3.82. The van der Waals surface area contributed by atoms with Gasteiger partial charge in [-0.05, 0) is 13.8 Å². The minimum Gasteiger partial charge on any atom is -0.438 e. The molecular weight excluding hydrogens is 194 g/mol. The second-order valence-corrected chi connectivity index (χ2v) is 3.82. The van der Waals surface area contributed by atoms with Crippen LogP contribution in [-0.4, -0.2) is 41.5 Å². The third kappa shape index (κ3) is 1.87. The van der Waals surface area contributed by atoms with Gasteiger partial charge in [-0.25, -0.2) is 4.98 Å². The molecular formula is C10H15N3O2. The largest absolute Gasteiger partial charge is 0.438 e. The van der Waals surface area contributed by atoms with E-state index in [0.717, 1.165) is 19.6 Å². The molecule has 5 heteroatoms. The number of nitrogens with one attached hydrogen (secondary N) is 1. The van der Waals surface area contributed by atoms with Crippen LogP contribution in [0.2, 0.25) is 0 Å². The number of hydrogen-bond donors (Lipinski definition) is 1. The van der Waals surface area contributed by atoms with E-state index in [2.05, 4.69) is 10.3 Å². The molecule has 0 spiro atoms. The van der Waals surface area contributed by atoms with Crippen LogP contribution < -0.4 is 5.32 Å². The Kier molecular flexibility index (Phi) is 2.73. The minimum absolute atomic E-state index is 0.0565. The summed E-state index contributed by atoms with van der Waals surface area (Å²) >= 11 is 0. The summed E-state index contributed by atoms with van der Waals surface area (Å²) in [4.78, 5) is 17.8. The first-order valence-corrected chi connectivity index (χ1v) is 5.12. The van der Waals surface area contributed by atoms with E-state index >= 15 is 0 Å². The van der Waals surface area contributed by atoms with Gasteiger partial charge in [0.15, 0.2) is 6.39 Å². The summed E-state index contributed by atoms with van der Waals surface area (Å²) in [6.45, 7) is 6.20. The Hall–Kier alpha value is -1.36. The number of carbonyl (C=O) groups is 1. The Morgan fingerprint density at radius 3 is 3.13 bits per heavy atom. The average molecular weight is 209 g/mol. The van der Waals surface area contributed by atoms with Crippen molar-refractivity contribution in [2.45, 2.75) is 19.9 Å². The van der Waals surface area contributed by atoms with E-state index in [0.29, 0.717) is 11.5 Å². The maximum absolute atomic E-state index is 12.1. The van der Waals surface area contributed by atoms with E-state index in [1.165, 1.54) is 6.39 Å². The molecule has 2 heterocycles. The molecule has 0 aromatic carbocycles. The summed E-state index contributed by atoms with van der Waals surface area (Å²) in [7, 11) is 0. The fourth-order valence-electron chi connectivity index (χ4n) is 1.78. The van der Waals surface area contributed by atoms with Crippen molar-refractivity contribution < 1.29 is 9.21 Å². The van der Waals surface area contributed by atoms with Gasteiger partial charge in [0.2, 0.25) is 5.76 Å². The Morgan fingerprint density at radius 2 is 2.53 bits per heavy atom. The van der Waals surface area contributed by atoms with Crippen molar-refractivity contribution in [3.05, 3.63) is 17.8 Å². The standard InChI is InChI=1S/C10H15N3O2/c1-7-5-11-3-4-13(7)10(14)9-8(2)12-6-15-9/h6-7,11H,3-5H2,1-2H3/t7-/m1/s1. The number of carbonyl (C=O) groups excluding carboxylic acids is 1. The van der Waals surface area contributed by atoms with Gasteiger partial charge < -0.3 is 14.6 Å². The highest BCUT2D eigenvalue weighted by molar-refractivity contribution is 5.92. The first kappa shape index (κ1) is 10.2. The van der Waals surface area contributed by atoms with Gasteiger partial charge >= 0.3 is 0 Å². The Morgan fingerprint density at radius 1 is 1.73 bits per heavy atom. The van der Waals surface area contributed by atoms with Crippen molar-refractivity contribution in [1.29, 1.82) is 0 Å². The zero-order valence-electron chi connectivity index (χ0n) is 8.99. The van der Waals surface area contributed by atoms with Gasteiger partial charge in [0.1, 0.15) is 0 Å². The molecule has 2 rings (SSSR count). The topological polar surface area (TPSA) is 58.4 Å². The first-order chi connectivity index (χ1) is 7.20. The number of hydrogen-bond acceptors (Lipinski definition) is 4. The van der Waals surface area contributed by atoms with E-state index < -0.39 is 0 Å². The molecule has 15 heavy (non-hydrogen) atoms. The Bertz CT molecular complexity index is 361. The van der Waals surface area contributed by atoms with Gasteiger partial charge in [0, 0.05) is 25.7 Å². The summed E-state index contributed by atoms with van der Waals surface area (Å²) in [5, 5.41) is 3.24. The van der Waals surface area contributed by atoms with Crippen molar-refractivity contribution in [3.63, 3.8) is 0 Å². The van der Waals surface area contributed by atoms with Gasteiger partial charge in [-0.3, -0.25) is 4.79 Å². The summed E-state index contributed by atoms with van der Waals surface area (Å²) in [5.41, 5.74) is 0.658. The summed E-state index contributed by atoms with van der Waals surface area (Å²) in [5.74, 6) is 0.308. The van der Waals surface area contributed by atoms with Crippen LogP contribution in [0.4, 0.5) is 0 Å². The van der Waals surface area contributed by atoms with Crippen LogP contribution in [0.15, 0.2) is 10.8 Å². The summed E-state index contributed by atoms with van der Waals surface area (Å²) in [6, 6.07) is 0.204. The molecule has 82 valence electrons. The lowest BCUT2D eigenvalue weighted by molar-refractivity contribution is 0.0622. The molecule has 1 fully saturated rings. The minimum atomic E-state index is -0.0565. The molecule has 1 amide bonds. The van der Waals surface area contributed by atoms with Gasteiger partial charge in [0.25, 0.3) is 5.91 Å². The highest BCUT2D eigenvalue weighted by Gasteiger charge is 2.27. The van der Waals surface area contributed by atoms with E-state index in [9.17, 15) is 4.79 Å². The Balaban J connectivity index is 2.17. The van der Waals surface area contributed by atoms with Crippen molar-refractivity contribution in [1.82, 2.24) is 15.2 Å². The molecule has 1 saturated heterocycles. The molecule has 5 nitrogen and oxygen atoms in total. The monoisotopic (exact) mass is 209 g/mol.